The number of fused-ring (bicyclic) bond motifs is 1. The first-order valence-electron chi connectivity index (χ1n) is 13.8. The van der Waals surface area contributed by atoms with Crippen LogP contribution in [0.5, 0.6) is 0 Å². The second kappa shape index (κ2) is 12.7. The Morgan fingerprint density at radius 3 is 2.59 bits per heavy atom. The molecule has 3 aromatic carbocycles. The van der Waals surface area contributed by atoms with Gasteiger partial charge in [0, 0.05) is 42.1 Å². The number of hydrogen-bond donors (Lipinski definition) is 4. The van der Waals surface area contributed by atoms with E-state index in [9.17, 15) is 4.39 Å². The van der Waals surface area contributed by atoms with Crippen LogP contribution in [-0.4, -0.2) is 45.6 Å². The number of aromatic nitrogens is 2. The molecule has 5 rings (SSSR count). The molecule has 1 saturated heterocycles. The predicted octanol–water partition coefficient (Wildman–Crippen LogP) is 6.09. The number of rotatable bonds is 9. The molecule has 0 radical (unpaired) electrons. The summed E-state index contributed by atoms with van der Waals surface area (Å²) in [5, 5.41) is 9.77. The van der Waals surface area contributed by atoms with Gasteiger partial charge in [0.1, 0.15) is 18.0 Å². The molecule has 1 unspecified atom stereocenters. The Hall–Kier alpha value is -3.92. The van der Waals surface area contributed by atoms with Crippen LogP contribution in [0.15, 0.2) is 78.9 Å². The Morgan fingerprint density at radius 1 is 1.12 bits per heavy atom. The van der Waals surface area contributed by atoms with E-state index in [0.717, 1.165) is 43.7 Å². The van der Waals surface area contributed by atoms with Crippen molar-refractivity contribution in [2.24, 2.45) is 11.6 Å². The van der Waals surface area contributed by atoms with Crippen LogP contribution >= 0.6 is 11.6 Å². The molecule has 0 bridgehead atoms. The monoisotopic (exact) mass is 574 g/mol. The van der Waals surface area contributed by atoms with Gasteiger partial charge < -0.3 is 26.3 Å². The van der Waals surface area contributed by atoms with Gasteiger partial charge in [0.2, 0.25) is 0 Å². The molecule has 10 heteroatoms. The van der Waals surface area contributed by atoms with Gasteiger partial charge in [-0.1, -0.05) is 48.9 Å². The Kier molecular flexibility index (Phi) is 8.87. The van der Waals surface area contributed by atoms with Gasteiger partial charge in [0.15, 0.2) is 0 Å². The number of aryl methyl sites for hydroxylation is 1. The SMILES string of the molecule is CCN1CCC(N(N)/C=C(\N)C(Nc2cc(Cl)c3ncnc(Nc4ccc(F)c(C)c4)c3c2)c2ccccc2)CC1. The Balaban J connectivity index is 1.45. The van der Waals surface area contributed by atoms with E-state index in [0.29, 0.717) is 38.7 Å². The van der Waals surface area contributed by atoms with Crippen molar-refractivity contribution in [2.45, 2.75) is 38.8 Å². The van der Waals surface area contributed by atoms with E-state index in [1.54, 1.807) is 24.1 Å². The van der Waals surface area contributed by atoms with Crippen molar-refractivity contribution in [1.29, 1.82) is 0 Å². The summed E-state index contributed by atoms with van der Waals surface area (Å²) in [5.74, 6) is 6.81. The highest BCUT2D eigenvalue weighted by Crippen LogP contribution is 2.34. The van der Waals surface area contributed by atoms with Gasteiger partial charge in [0.25, 0.3) is 0 Å². The van der Waals surface area contributed by atoms with Crippen LogP contribution in [0.1, 0.15) is 36.9 Å². The number of hydrazine groups is 1. The second-order valence-corrected chi connectivity index (χ2v) is 10.8. The molecule has 1 aliphatic heterocycles. The van der Waals surface area contributed by atoms with Gasteiger partial charge >= 0.3 is 0 Å². The number of anilines is 3. The lowest BCUT2D eigenvalue weighted by Gasteiger charge is -2.36. The maximum atomic E-state index is 13.8. The molecule has 0 aliphatic carbocycles. The normalized spacial score (nSPS) is 15.6. The summed E-state index contributed by atoms with van der Waals surface area (Å²) in [6.07, 6.45) is 5.27. The fourth-order valence-electron chi connectivity index (χ4n) is 5.22. The highest BCUT2D eigenvalue weighted by atomic mass is 35.5. The topological polar surface area (TPSA) is 108 Å². The maximum absolute atomic E-state index is 13.8. The lowest BCUT2D eigenvalue weighted by Crippen LogP contribution is -2.46. The molecular formula is C31H36ClFN8. The Morgan fingerprint density at radius 2 is 1.88 bits per heavy atom. The number of likely N-dealkylation sites (tertiary alicyclic amines) is 1. The van der Waals surface area contributed by atoms with Crippen LogP contribution in [0.25, 0.3) is 10.9 Å². The minimum absolute atomic E-state index is 0.226. The minimum Gasteiger partial charge on any atom is -0.399 e. The summed E-state index contributed by atoms with van der Waals surface area (Å²) >= 11 is 6.72. The van der Waals surface area contributed by atoms with Gasteiger partial charge in [-0.25, -0.2) is 20.2 Å². The smallest absolute Gasteiger partial charge is 0.141 e. The van der Waals surface area contributed by atoms with Gasteiger partial charge in [0.05, 0.1) is 22.3 Å². The van der Waals surface area contributed by atoms with Gasteiger partial charge in [-0.15, -0.1) is 0 Å². The average molecular weight is 575 g/mol. The number of nitrogens with two attached hydrogens (primary N) is 2. The Bertz CT molecular complexity index is 1520. The highest BCUT2D eigenvalue weighted by Gasteiger charge is 2.23. The van der Waals surface area contributed by atoms with E-state index in [4.69, 9.17) is 23.2 Å². The molecule has 1 aromatic heterocycles. The molecule has 1 fully saturated rings. The van der Waals surface area contributed by atoms with Crippen molar-refractivity contribution in [3.63, 3.8) is 0 Å². The molecule has 41 heavy (non-hydrogen) atoms. The van der Waals surface area contributed by atoms with Crippen LogP contribution in [0.3, 0.4) is 0 Å². The van der Waals surface area contributed by atoms with Crippen molar-refractivity contribution in [3.05, 3.63) is 101 Å². The Labute approximate surface area is 245 Å². The molecule has 6 N–H and O–H groups in total. The van der Waals surface area contributed by atoms with Crippen molar-refractivity contribution in [3.8, 4) is 0 Å². The zero-order valence-electron chi connectivity index (χ0n) is 23.3. The summed E-state index contributed by atoms with van der Waals surface area (Å²) < 4.78 is 13.8. The largest absolute Gasteiger partial charge is 0.399 e. The molecule has 4 aromatic rings. The average Bonchev–Trinajstić information content (AvgIpc) is 2.98. The van der Waals surface area contributed by atoms with Crippen LogP contribution in [0, 0.1) is 12.7 Å². The fraction of sp³-hybridized carbons (Fsp3) is 0.290. The molecule has 0 spiro atoms. The summed E-state index contributed by atoms with van der Waals surface area (Å²) in [4.78, 5) is 11.3. The number of nitrogens with zero attached hydrogens (tertiary/aromatic N) is 4. The number of hydrogen-bond acceptors (Lipinski definition) is 8. The standard InChI is InChI=1S/C31H36ClFN8/c1-3-40-13-11-24(12-14-40)41(35)18-28(34)29(21-7-5-4-6-8-21)38-23-16-25-30(26(32)17-23)36-19-37-31(25)39-22-9-10-27(33)20(2)15-22/h4-10,15-19,24,29,38H,3,11-14,34-35H2,1-2H3,(H,36,37,39)/b28-18-. The van der Waals surface area contributed by atoms with E-state index in [1.807, 2.05) is 48.7 Å². The lowest BCUT2D eigenvalue weighted by molar-refractivity contribution is 0.146. The summed E-state index contributed by atoms with van der Waals surface area (Å²) in [6, 6.07) is 18.4. The first-order chi connectivity index (χ1) is 19.8. The van der Waals surface area contributed by atoms with Crippen LogP contribution < -0.4 is 22.2 Å². The van der Waals surface area contributed by atoms with E-state index >= 15 is 0 Å². The van der Waals surface area contributed by atoms with Crippen molar-refractivity contribution >= 4 is 39.7 Å². The molecule has 214 valence electrons. The second-order valence-electron chi connectivity index (χ2n) is 10.4. The van der Waals surface area contributed by atoms with E-state index in [1.165, 1.54) is 12.4 Å². The van der Waals surface area contributed by atoms with Crippen molar-refractivity contribution in [1.82, 2.24) is 19.9 Å². The maximum Gasteiger partial charge on any atom is 0.141 e. The fourth-order valence-corrected chi connectivity index (χ4v) is 5.49. The number of benzene rings is 3. The quantitative estimate of drug-likeness (QED) is 0.140. The van der Waals surface area contributed by atoms with Crippen molar-refractivity contribution < 1.29 is 4.39 Å². The third kappa shape index (κ3) is 6.70. The van der Waals surface area contributed by atoms with Gasteiger partial charge in [-0.2, -0.15) is 0 Å². The van der Waals surface area contributed by atoms with Crippen molar-refractivity contribution in [2.75, 3.05) is 30.3 Å². The van der Waals surface area contributed by atoms with Crippen LogP contribution in [0.2, 0.25) is 5.02 Å². The molecule has 1 atom stereocenters. The third-order valence-electron chi connectivity index (χ3n) is 7.61. The first-order valence-corrected chi connectivity index (χ1v) is 14.2. The van der Waals surface area contributed by atoms with E-state index < -0.39 is 0 Å². The first kappa shape index (κ1) is 28.6. The minimum atomic E-state index is -0.368. The van der Waals surface area contributed by atoms with Crippen LogP contribution in [0.4, 0.5) is 21.6 Å². The van der Waals surface area contributed by atoms with Gasteiger partial charge in [-0.3, -0.25) is 0 Å². The molecule has 1 aliphatic rings. The third-order valence-corrected chi connectivity index (χ3v) is 7.90. The summed E-state index contributed by atoms with van der Waals surface area (Å²) in [5.41, 5.74) is 10.9. The number of piperidine rings is 1. The van der Waals surface area contributed by atoms with E-state index in [-0.39, 0.29) is 17.9 Å². The zero-order chi connectivity index (χ0) is 28.9. The van der Waals surface area contributed by atoms with E-state index in [2.05, 4.69) is 32.4 Å². The lowest BCUT2D eigenvalue weighted by atomic mass is 10.0. The molecule has 8 nitrogen and oxygen atoms in total. The number of nitrogens with one attached hydrogen (secondary N) is 2. The predicted molar refractivity (Wildman–Crippen MR) is 165 cm³/mol. The van der Waals surface area contributed by atoms with Gasteiger partial charge in [-0.05, 0) is 67.8 Å². The zero-order valence-corrected chi connectivity index (χ0v) is 24.1. The molecule has 2 heterocycles. The summed E-state index contributed by atoms with van der Waals surface area (Å²) in [6.45, 7) is 7.00. The number of halogens is 2. The molecular weight excluding hydrogens is 539 g/mol. The highest BCUT2D eigenvalue weighted by molar-refractivity contribution is 6.35. The summed E-state index contributed by atoms with van der Waals surface area (Å²) in [7, 11) is 0. The molecule has 0 saturated carbocycles. The molecule has 0 amide bonds. The van der Waals surface area contributed by atoms with Crippen LogP contribution in [-0.2, 0) is 0 Å².